The van der Waals surface area contributed by atoms with Crippen LogP contribution in [0.15, 0.2) is 24.3 Å². The summed E-state index contributed by atoms with van der Waals surface area (Å²) in [6.07, 6.45) is 0.665. The van der Waals surface area contributed by atoms with Gasteiger partial charge >= 0.3 is 0 Å². The molecule has 0 aliphatic heterocycles. The van der Waals surface area contributed by atoms with Crippen LogP contribution in [-0.2, 0) is 11.2 Å². The molecule has 0 spiro atoms. The van der Waals surface area contributed by atoms with E-state index in [9.17, 15) is 4.79 Å². The van der Waals surface area contributed by atoms with E-state index in [0.717, 1.165) is 5.56 Å². The van der Waals surface area contributed by atoms with Crippen molar-refractivity contribution in [3.05, 3.63) is 35.4 Å². The van der Waals surface area contributed by atoms with E-state index in [0.29, 0.717) is 31.5 Å². The number of benzene rings is 1. The zero-order valence-electron chi connectivity index (χ0n) is 10.4. The van der Waals surface area contributed by atoms with Crippen LogP contribution in [0.4, 0.5) is 0 Å². The molecule has 0 saturated heterocycles. The Hall–Kier alpha value is -2.33. The van der Waals surface area contributed by atoms with E-state index in [2.05, 4.69) is 0 Å². The molecule has 4 heteroatoms. The molecule has 1 amide bonds. The van der Waals surface area contributed by atoms with E-state index in [-0.39, 0.29) is 5.91 Å². The average Bonchev–Trinajstić information content (AvgIpc) is 2.40. The van der Waals surface area contributed by atoms with Crippen LogP contribution in [0.25, 0.3) is 0 Å². The number of nitriles is 2. The molecule has 0 saturated carbocycles. The van der Waals surface area contributed by atoms with Crippen LogP contribution in [-0.4, -0.2) is 23.9 Å². The van der Waals surface area contributed by atoms with Crippen LogP contribution < -0.4 is 0 Å². The molecule has 1 aromatic rings. The molecular formula is C14H15N3O. The lowest BCUT2D eigenvalue weighted by Gasteiger charge is -2.19. The third-order valence-electron chi connectivity index (χ3n) is 2.67. The van der Waals surface area contributed by atoms with E-state index >= 15 is 0 Å². The van der Waals surface area contributed by atoms with Crippen LogP contribution >= 0.6 is 0 Å². The quantitative estimate of drug-likeness (QED) is 0.790. The highest BCUT2D eigenvalue weighted by molar-refractivity contribution is 5.78. The highest BCUT2D eigenvalue weighted by atomic mass is 16.2. The number of carbonyl (C=O) groups is 1. The van der Waals surface area contributed by atoms with Crippen molar-refractivity contribution in [3.8, 4) is 12.1 Å². The summed E-state index contributed by atoms with van der Waals surface area (Å²) in [5, 5.41) is 17.2. The van der Waals surface area contributed by atoms with Crippen molar-refractivity contribution in [3.63, 3.8) is 0 Å². The van der Waals surface area contributed by atoms with Crippen LogP contribution in [0.5, 0.6) is 0 Å². The molecule has 0 aliphatic rings. The molecule has 0 aliphatic carbocycles. The number of rotatable bonds is 5. The predicted molar refractivity (Wildman–Crippen MR) is 67.3 cm³/mol. The number of carbonyl (C=O) groups excluding carboxylic acids is 1. The summed E-state index contributed by atoms with van der Waals surface area (Å²) in [4.78, 5) is 13.6. The van der Waals surface area contributed by atoms with Crippen LogP contribution in [0.1, 0.15) is 24.5 Å². The van der Waals surface area contributed by atoms with Crippen molar-refractivity contribution >= 4 is 5.91 Å². The lowest BCUT2D eigenvalue weighted by atomic mass is 10.1. The molecule has 92 valence electrons. The van der Waals surface area contributed by atoms with Gasteiger partial charge in [0, 0.05) is 13.1 Å². The molecule has 0 bridgehead atoms. The molecule has 0 aromatic heterocycles. The third kappa shape index (κ3) is 3.92. The van der Waals surface area contributed by atoms with Gasteiger partial charge in [-0.3, -0.25) is 4.79 Å². The van der Waals surface area contributed by atoms with E-state index in [1.807, 2.05) is 19.1 Å². The summed E-state index contributed by atoms with van der Waals surface area (Å²) in [6, 6.07) is 11.1. The van der Waals surface area contributed by atoms with E-state index in [4.69, 9.17) is 10.5 Å². The molecule has 0 fully saturated rings. The lowest BCUT2D eigenvalue weighted by molar-refractivity contribution is -0.130. The van der Waals surface area contributed by atoms with Gasteiger partial charge in [-0.1, -0.05) is 12.1 Å². The smallest absolute Gasteiger partial charge is 0.227 e. The molecule has 0 radical (unpaired) electrons. The van der Waals surface area contributed by atoms with E-state index in [1.54, 1.807) is 29.2 Å². The van der Waals surface area contributed by atoms with E-state index in [1.165, 1.54) is 0 Å². The van der Waals surface area contributed by atoms with Gasteiger partial charge in [0.1, 0.15) is 0 Å². The molecule has 18 heavy (non-hydrogen) atoms. The molecule has 0 atom stereocenters. The Morgan fingerprint density at radius 1 is 1.28 bits per heavy atom. The van der Waals surface area contributed by atoms with Crippen molar-refractivity contribution in [2.75, 3.05) is 13.1 Å². The highest BCUT2D eigenvalue weighted by Crippen LogP contribution is 2.06. The summed E-state index contributed by atoms with van der Waals surface area (Å²) in [5.41, 5.74) is 1.47. The Bertz CT molecular complexity index is 479. The van der Waals surface area contributed by atoms with Crippen molar-refractivity contribution in [1.29, 1.82) is 10.5 Å². The third-order valence-corrected chi connectivity index (χ3v) is 2.67. The second kappa shape index (κ2) is 7.09. The Labute approximate surface area is 107 Å². The monoisotopic (exact) mass is 241 g/mol. The minimum Gasteiger partial charge on any atom is -0.342 e. The van der Waals surface area contributed by atoms with Crippen molar-refractivity contribution in [1.82, 2.24) is 4.90 Å². The zero-order chi connectivity index (χ0) is 13.4. The largest absolute Gasteiger partial charge is 0.342 e. The van der Waals surface area contributed by atoms with Crippen LogP contribution in [0.2, 0.25) is 0 Å². The maximum absolute atomic E-state index is 12.0. The molecule has 4 nitrogen and oxygen atoms in total. The van der Waals surface area contributed by atoms with Gasteiger partial charge in [0.2, 0.25) is 5.91 Å². The van der Waals surface area contributed by atoms with Gasteiger partial charge in [0.25, 0.3) is 0 Å². The number of hydrogen-bond donors (Lipinski definition) is 0. The van der Waals surface area contributed by atoms with Gasteiger partial charge in [-0.05, 0) is 24.6 Å². The SMILES string of the molecule is CCN(CCC#N)C(=O)Cc1ccc(C#N)cc1. The standard InChI is InChI=1S/C14H15N3O/c1-2-17(9-3-8-15)14(18)10-12-4-6-13(11-16)7-5-12/h4-7H,2-3,9-10H2,1H3. The van der Waals surface area contributed by atoms with Crippen molar-refractivity contribution < 1.29 is 4.79 Å². The first kappa shape index (κ1) is 13.7. The van der Waals surface area contributed by atoms with Gasteiger partial charge in [-0.25, -0.2) is 0 Å². The Morgan fingerprint density at radius 3 is 2.44 bits per heavy atom. The first-order valence-electron chi connectivity index (χ1n) is 5.85. The fourth-order valence-corrected chi connectivity index (χ4v) is 1.63. The predicted octanol–water partition coefficient (Wildman–Crippen LogP) is 1.86. The molecule has 1 rings (SSSR count). The second-order valence-electron chi connectivity index (χ2n) is 3.87. The van der Waals surface area contributed by atoms with Gasteiger partial charge in [0.15, 0.2) is 0 Å². The molecule has 0 heterocycles. The van der Waals surface area contributed by atoms with E-state index < -0.39 is 0 Å². The van der Waals surface area contributed by atoms with Gasteiger partial charge in [-0.2, -0.15) is 10.5 Å². The lowest BCUT2D eigenvalue weighted by Crippen LogP contribution is -2.32. The topological polar surface area (TPSA) is 67.9 Å². The first-order chi connectivity index (χ1) is 8.71. The second-order valence-corrected chi connectivity index (χ2v) is 3.87. The van der Waals surface area contributed by atoms with Gasteiger partial charge < -0.3 is 4.90 Å². The number of likely N-dealkylation sites (N-methyl/N-ethyl adjacent to an activating group) is 1. The summed E-state index contributed by atoms with van der Waals surface area (Å²) < 4.78 is 0. The summed E-state index contributed by atoms with van der Waals surface area (Å²) in [6.45, 7) is 2.98. The molecule has 1 aromatic carbocycles. The van der Waals surface area contributed by atoms with Crippen LogP contribution in [0.3, 0.4) is 0 Å². The number of hydrogen-bond acceptors (Lipinski definition) is 3. The zero-order valence-corrected chi connectivity index (χ0v) is 10.4. The Kier molecular flexibility index (Phi) is 5.41. The van der Waals surface area contributed by atoms with Crippen molar-refractivity contribution in [2.45, 2.75) is 19.8 Å². The van der Waals surface area contributed by atoms with Gasteiger partial charge in [0.05, 0.1) is 30.5 Å². The summed E-state index contributed by atoms with van der Waals surface area (Å²) in [7, 11) is 0. The maximum atomic E-state index is 12.0. The Balaban J connectivity index is 2.62. The number of nitrogens with zero attached hydrogens (tertiary/aromatic N) is 3. The maximum Gasteiger partial charge on any atom is 0.227 e. The molecule has 0 unspecified atom stereocenters. The fourth-order valence-electron chi connectivity index (χ4n) is 1.63. The molecular weight excluding hydrogens is 226 g/mol. The normalized spacial score (nSPS) is 9.28. The summed E-state index contributed by atoms with van der Waals surface area (Å²) >= 11 is 0. The van der Waals surface area contributed by atoms with Crippen molar-refractivity contribution in [2.24, 2.45) is 0 Å². The number of amides is 1. The van der Waals surface area contributed by atoms with Crippen LogP contribution in [0, 0.1) is 22.7 Å². The molecule has 0 N–H and O–H groups in total. The average molecular weight is 241 g/mol. The minimum atomic E-state index is 0.0115. The first-order valence-corrected chi connectivity index (χ1v) is 5.85. The Morgan fingerprint density at radius 2 is 1.94 bits per heavy atom. The summed E-state index contributed by atoms with van der Waals surface area (Å²) in [5.74, 6) is 0.0115. The van der Waals surface area contributed by atoms with Gasteiger partial charge in [-0.15, -0.1) is 0 Å². The minimum absolute atomic E-state index is 0.0115. The fraction of sp³-hybridized carbons (Fsp3) is 0.357. The highest BCUT2D eigenvalue weighted by Gasteiger charge is 2.11.